The molecule has 1 unspecified atom stereocenters. The zero-order valence-electron chi connectivity index (χ0n) is 11.7. The minimum Gasteiger partial charge on any atom is -0.370 e. The molecular formula is C14H19N3O2S. The maximum atomic E-state index is 12.3. The number of hydrogen-bond acceptors (Lipinski definition) is 5. The minimum atomic E-state index is -3.19. The van der Waals surface area contributed by atoms with Crippen LogP contribution in [-0.2, 0) is 15.4 Å². The molecule has 108 valence electrons. The van der Waals surface area contributed by atoms with Crippen LogP contribution in [0.5, 0.6) is 0 Å². The van der Waals surface area contributed by atoms with Crippen LogP contribution in [0.3, 0.4) is 0 Å². The van der Waals surface area contributed by atoms with Crippen molar-refractivity contribution in [3.8, 4) is 0 Å². The molecule has 0 aromatic heterocycles. The Kier molecular flexibility index (Phi) is 2.83. The van der Waals surface area contributed by atoms with Crippen molar-refractivity contribution in [2.45, 2.75) is 36.7 Å². The minimum absolute atomic E-state index is 0.149. The summed E-state index contributed by atoms with van der Waals surface area (Å²) in [7, 11) is -3.19. The van der Waals surface area contributed by atoms with E-state index < -0.39 is 15.4 Å². The zero-order chi connectivity index (χ0) is 14.5. The highest BCUT2D eigenvalue weighted by Gasteiger charge is 2.50. The molecule has 1 aromatic rings. The van der Waals surface area contributed by atoms with Crippen LogP contribution >= 0.6 is 0 Å². The molecule has 2 aliphatic heterocycles. The first kappa shape index (κ1) is 13.4. The number of sulfone groups is 1. The Bertz CT molecular complexity index is 681. The SMILES string of the molecule is CC(C)N1C(N)=NCC12CCS(=O)(=O)c1ccccc12. The van der Waals surface area contributed by atoms with Crippen LogP contribution in [-0.4, -0.2) is 37.6 Å². The number of guanidine groups is 1. The summed E-state index contributed by atoms with van der Waals surface area (Å²) in [5, 5.41) is 0. The molecule has 1 aromatic carbocycles. The Labute approximate surface area is 119 Å². The van der Waals surface area contributed by atoms with Gasteiger partial charge in [-0.05, 0) is 31.9 Å². The van der Waals surface area contributed by atoms with E-state index >= 15 is 0 Å². The summed E-state index contributed by atoms with van der Waals surface area (Å²) in [4.78, 5) is 6.89. The van der Waals surface area contributed by atoms with Crippen molar-refractivity contribution >= 4 is 15.8 Å². The summed E-state index contributed by atoms with van der Waals surface area (Å²) in [6.45, 7) is 4.64. The van der Waals surface area contributed by atoms with E-state index in [0.717, 1.165) is 5.56 Å². The lowest BCUT2D eigenvalue weighted by atomic mass is 9.85. The Hall–Kier alpha value is -1.56. The molecule has 0 aliphatic carbocycles. The van der Waals surface area contributed by atoms with Crippen molar-refractivity contribution in [2.75, 3.05) is 12.3 Å². The first-order chi connectivity index (χ1) is 9.38. The van der Waals surface area contributed by atoms with Crippen LogP contribution in [0, 0.1) is 0 Å². The van der Waals surface area contributed by atoms with E-state index in [2.05, 4.69) is 23.7 Å². The summed E-state index contributed by atoms with van der Waals surface area (Å²) < 4.78 is 24.6. The molecular weight excluding hydrogens is 274 g/mol. The van der Waals surface area contributed by atoms with Crippen LogP contribution in [0.4, 0.5) is 0 Å². The molecule has 0 saturated carbocycles. The first-order valence-corrected chi connectivity index (χ1v) is 8.45. The molecule has 0 radical (unpaired) electrons. The molecule has 0 amide bonds. The highest BCUT2D eigenvalue weighted by molar-refractivity contribution is 7.91. The topological polar surface area (TPSA) is 75.8 Å². The normalized spacial score (nSPS) is 27.8. The van der Waals surface area contributed by atoms with Gasteiger partial charge in [-0.3, -0.25) is 4.99 Å². The summed E-state index contributed by atoms with van der Waals surface area (Å²) >= 11 is 0. The predicted octanol–water partition coefficient (Wildman–Crippen LogP) is 1.10. The second kappa shape index (κ2) is 4.22. The number of nitrogens with zero attached hydrogens (tertiary/aromatic N) is 2. The molecule has 0 bridgehead atoms. The zero-order valence-corrected chi connectivity index (χ0v) is 12.5. The van der Waals surface area contributed by atoms with E-state index in [1.54, 1.807) is 12.1 Å². The van der Waals surface area contributed by atoms with Gasteiger partial charge < -0.3 is 10.6 Å². The van der Waals surface area contributed by atoms with Crippen molar-refractivity contribution in [1.82, 2.24) is 4.90 Å². The van der Waals surface area contributed by atoms with E-state index in [0.29, 0.717) is 23.8 Å². The Morgan fingerprint density at radius 1 is 1.35 bits per heavy atom. The molecule has 3 rings (SSSR count). The predicted molar refractivity (Wildman–Crippen MR) is 78.3 cm³/mol. The van der Waals surface area contributed by atoms with E-state index in [1.807, 2.05) is 12.1 Å². The molecule has 2 heterocycles. The standard InChI is InChI=1S/C14H19N3O2S/c1-10(2)17-13(15)16-9-14(17)7-8-20(18,19)12-6-4-3-5-11(12)14/h3-6,10H,7-9H2,1-2H3,(H2,15,16). The molecule has 1 atom stereocenters. The smallest absolute Gasteiger partial charge is 0.192 e. The van der Waals surface area contributed by atoms with Gasteiger partial charge in [0.15, 0.2) is 15.8 Å². The van der Waals surface area contributed by atoms with Gasteiger partial charge in [0.2, 0.25) is 0 Å². The van der Waals surface area contributed by atoms with Gasteiger partial charge in [0.1, 0.15) is 0 Å². The lowest BCUT2D eigenvalue weighted by Gasteiger charge is -2.45. The molecule has 2 aliphatic rings. The summed E-state index contributed by atoms with van der Waals surface area (Å²) in [5.74, 6) is 0.657. The summed E-state index contributed by atoms with van der Waals surface area (Å²) in [5.41, 5.74) is 6.47. The quantitative estimate of drug-likeness (QED) is 0.841. The average molecular weight is 293 g/mol. The maximum Gasteiger partial charge on any atom is 0.192 e. The molecule has 2 N–H and O–H groups in total. The third-order valence-electron chi connectivity index (χ3n) is 4.23. The van der Waals surface area contributed by atoms with Crippen molar-refractivity contribution < 1.29 is 8.42 Å². The summed E-state index contributed by atoms with van der Waals surface area (Å²) in [6, 6.07) is 7.42. The van der Waals surface area contributed by atoms with E-state index in [9.17, 15) is 8.42 Å². The fourth-order valence-corrected chi connectivity index (χ4v) is 5.13. The van der Waals surface area contributed by atoms with Gasteiger partial charge in [0.25, 0.3) is 0 Å². The van der Waals surface area contributed by atoms with Gasteiger partial charge in [0, 0.05) is 6.04 Å². The highest BCUT2D eigenvalue weighted by Crippen LogP contribution is 2.44. The van der Waals surface area contributed by atoms with Crippen LogP contribution in [0.25, 0.3) is 0 Å². The van der Waals surface area contributed by atoms with Gasteiger partial charge in [-0.2, -0.15) is 0 Å². The lowest BCUT2D eigenvalue weighted by Crippen LogP contribution is -2.55. The maximum absolute atomic E-state index is 12.3. The number of benzene rings is 1. The largest absolute Gasteiger partial charge is 0.370 e. The molecule has 6 heteroatoms. The molecule has 1 spiro atoms. The average Bonchev–Trinajstić information content (AvgIpc) is 2.73. The van der Waals surface area contributed by atoms with Crippen LogP contribution in [0.2, 0.25) is 0 Å². The second-order valence-electron chi connectivity index (χ2n) is 5.73. The van der Waals surface area contributed by atoms with E-state index in [-0.39, 0.29) is 11.8 Å². The fraction of sp³-hybridized carbons (Fsp3) is 0.500. The number of rotatable bonds is 1. The second-order valence-corrected chi connectivity index (χ2v) is 7.81. The monoisotopic (exact) mass is 293 g/mol. The van der Waals surface area contributed by atoms with Crippen molar-refractivity contribution in [2.24, 2.45) is 10.7 Å². The molecule has 20 heavy (non-hydrogen) atoms. The summed E-state index contributed by atoms with van der Waals surface area (Å²) in [6.07, 6.45) is 0.536. The highest BCUT2D eigenvalue weighted by atomic mass is 32.2. The van der Waals surface area contributed by atoms with Crippen LogP contribution in [0.15, 0.2) is 34.2 Å². The lowest BCUT2D eigenvalue weighted by molar-refractivity contribution is 0.153. The van der Waals surface area contributed by atoms with Crippen molar-refractivity contribution in [1.29, 1.82) is 0 Å². The third kappa shape index (κ3) is 1.67. The number of nitrogens with two attached hydrogens (primary N) is 1. The molecule has 0 fully saturated rings. The Balaban J connectivity index is 2.22. The number of aliphatic imine (C=N–C) groups is 1. The number of fused-ring (bicyclic) bond motifs is 2. The van der Waals surface area contributed by atoms with Gasteiger partial charge in [-0.1, -0.05) is 18.2 Å². The van der Waals surface area contributed by atoms with Gasteiger partial charge in [0.05, 0.1) is 22.7 Å². The van der Waals surface area contributed by atoms with Crippen LogP contribution < -0.4 is 5.73 Å². The first-order valence-electron chi connectivity index (χ1n) is 6.80. The third-order valence-corrected chi connectivity index (χ3v) is 6.00. The van der Waals surface area contributed by atoms with Crippen molar-refractivity contribution in [3.63, 3.8) is 0 Å². The number of hydrogen-bond donors (Lipinski definition) is 1. The van der Waals surface area contributed by atoms with Crippen molar-refractivity contribution in [3.05, 3.63) is 29.8 Å². The van der Waals surface area contributed by atoms with E-state index in [4.69, 9.17) is 5.73 Å². The Morgan fingerprint density at radius 2 is 2.05 bits per heavy atom. The van der Waals surface area contributed by atoms with Crippen LogP contribution in [0.1, 0.15) is 25.8 Å². The van der Waals surface area contributed by atoms with Gasteiger partial charge >= 0.3 is 0 Å². The van der Waals surface area contributed by atoms with Gasteiger partial charge in [-0.25, -0.2) is 8.42 Å². The van der Waals surface area contributed by atoms with Gasteiger partial charge in [-0.15, -0.1) is 0 Å². The molecule has 5 nitrogen and oxygen atoms in total. The van der Waals surface area contributed by atoms with E-state index in [1.165, 1.54) is 0 Å². The molecule has 0 saturated heterocycles. The fourth-order valence-electron chi connectivity index (χ4n) is 3.43. The Morgan fingerprint density at radius 3 is 2.75 bits per heavy atom.